The Labute approximate surface area is 114 Å². The van der Waals surface area contributed by atoms with Gasteiger partial charge in [0.15, 0.2) is 0 Å². The molecule has 4 heteroatoms. The molecule has 1 aliphatic rings. The molecule has 1 aromatic rings. The molecule has 1 N–H and O–H groups in total. The third kappa shape index (κ3) is 3.56. The number of benzene rings is 1. The molecule has 0 aliphatic carbocycles. The van der Waals surface area contributed by atoms with Crippen LogP contribution in [0.5, 0.6) is 0 Å². The Bertz CT molecular complexity index is 417. The number of ether oxygens (including phenoxy) is 1. The van der Waals surface area contributed by atoms with Crippen molar-refractivity contribution in [3.05, 3.63) is 35.9 Å². The van der Waals surface area contributed by atoms with Crippen LogP contribution in [0.3, 0.4) is 0 Å². The van der Waals surface area contributed by atoms with E-state index in [1.165, 1.54) is 0 Å². The number of nitrogens with one attached hydrogen (secondary N) is 1. The van der Waals surface area contributed by atoms with E-state index in [0.717, 1.165) is 5.56 Å². The first-order chi connectivity index (χ1) is 9.24. The molecule has 2 atom stereocenters. The lowest BCUT2D eigenvalue weighted by Crippen LogP contribution is -2.28. The van der Waals surface area contributed by atoms with Crippen molar-refractivity contribution in [2.24, 2.45) is 5.92 Å². The van der Waals surface area contributed by atoms with Gasteiger partial charge in [0, 0.05) is 12.5 Å². The van der Waals surface area contributed by atoms with Crippen molar-refractivity contribution >= 4 is 11.9 Å². The summed E-state index contributed by atoms with van der Waals surface area (Å²) < 4.78 is 4.95. The third-order valence-corrected chi connectivity index (χ3v) is 2.95. The van der Waals surface area contributed by atoms with E-state index in [9.17, 15) is 9.59 Å². The smallest absolute Gasteiger partial charge is 0.319 e. The van der Waals surface area contributed by atoms with Gasteiger partial charge in [-0.3, -0.25) is 9.59 Å². The van der Waals surface area contributed by atoms with E-state index >= 15 is 0 Å². The van der Waals surface area contributed by atoms with Gasteiger partial charge in [0.05, 0.1) is 6.61 Å². The van der Waals surface area contributed by atoms with Crippen LogP contribution in [0.15, 0.2) is 30.3 Å². The van der Waals surface area contributed by atoms with Gasteiger partial charge in [0.2, 0.25) is 5.91 Å². The lowest BCUT2D eigenvalue weighted by Gasteiger charge is -2.15. The van der Waals surface area contributed by atoms with Crippen molar-refractivity contribution in [3.63, 3.8) is 0 Å². The minimum absolute atomic E-state index is 0.122. The number of carbonyl (C=O) groups excluding carboxylic acids is 2. The summed E-state index contributed by atoms with van der Waals surface area (Å²) in [4.78, 5) is 23.4. The number of esters is 1. The average molecular weight is 263 g/mol. The molecule has 0 saturated carbocycles. The van der Waals surface area contributed by atoms with Crippen molar-refractivity contribution in [2.75, 3.05) is 13.2 Å². The SMILES string of the molecule is CC.CCOC(=O)C1C(=O)NCC1c1ccccc1. The van der Waals surface area contributed by atoms with E-state index < -0.39 is 11.9 Å². The zero-order chi connectivity index (χ0) is 14.3. The Hall–Kier alpha value is -1.84. The summed E-state index contributed by atoms with van der Waals surface area (Å²) in [6.07, 6.45) is 0. The van der Waals surface area contributed by atoms with Crippen LogP contribution in [-0.2, 0) is 14.3 Å². The molecule has 4 nitrogen and oxygen atoms in total. The minimum Gasteiger partial charge on any atom is -0.465 e. The Balaban J connectivity index is 0.000000861. The second kappa shape index (κ2) is 7.56. The van der Waals surface area contributed by atoms with Crippen LogP contribution in [0.2, 0.25) is 0 Å². The van der Waals surface area contributed by atoms with Crippen molar-refractivity contribution in [2.45, 2.75) is 26.7 Å². The van der Waals surface area contributed by atoms with Crippen LogP contribution < -0.4 is 5.32 Å². The number of hydrogen-bond donors (Lipinski definition) is 1. The van der Waals surface area contributed by atoms with Gasteiger partial charge in [-0.25, -0.2) is 0 Å². The van der Waals surface area contributed by atoms with Gasteiger partial charge in [-0.1, -0.05) is 44.2 Å². The predicted molar refractivity (Wildman–Crippen MR) is 73.7 cm³/mol. The Morgan fingerprint density at radius 1 is 1.32 bits per heavy atom. The minimum atomic E-state index is -0.711. The van der Waals surface area contributed by atoms with E-state index in [0.29, 0.717) is 13.2 Å². The summed E-state index contributed by atoms with van der Waals surface area (Å²) in [7, 11) is 0. The highest BCUT2D eigenvalue weighted by molar-refractivity contribution is 6.00. The summed E-state index contributed by atoms with van der Waals surface area (Å²) in [6, 6.07) is 9.57. The molecule has 1 aliphatic heterocycles. The normalized spacial score (nSPS) is 21.1. The molecule has 2 unspecified atom stereocenters. The molecular formula is C15H21NO3. The van der Waals surface area contributed by atoms with E-state index in [-0.39, 0.29) is 11.8 Å². The highest BCUT2D eigenvalue weighted by Gasteiger charge is 2.41. The van der Waals surface area contributed by atoms with Gasteiger partial charge >= 0.3 is 5.97 Å². The maximum absolute atomic E-state index is 11.8. The van der Waals surface area contributed by atoms with E-state index in [1.54, 1.807) is 6.92 Å². The molecule has 0 spiro atoms. The lowest BCUT2D eigenvalue weighted by atomic mass is 9.89. The van der Waals surface area contributed by atoms with E-state index in [4.69, 9.17) is 4.74 Å². The molecule has 104 valence electrons. The zero-order valence-corrected chi connectivity index (χ0v) is 11.7. The van der Waals surface area contributed by atoms with Gasteiger partial charge in [-0.15, -0.1) is 0 Å². The van der Waals surface area contributed by atoms with E-state index in [2.05, 4.69) is 5.32 Å². The molecule has 0 bridgehead atoms. The first-order valence-corrected chi connectivity index (χ1v) is 6.73. The number of rotatable bonds is 3. The van der Waals surface area contributed by atoms with Gasteiger partial charge in [0.25, 0.3) is 0 Å². The fraction of sp³-hybridized carbons (Fsp3) is 0.467. The average Bonchev–Trinajstić information content (AvgIpc) is 2.84. The predicted octanol–water partition coefficient (Wildman–Crippen LogP) is 2.11. The van der Waals surface area contributed by atoms with Crippen molar-refractivity contribution < 1.29 is 14.3 Å². The highest BCUT2D eigenvalue weighted by Crippen LogP contribution is 2.29. The molecule has 0 radical (unpaired) electrons. The fourth-order valence-electron chi connectivity index (χ4n) is 2.13. The fourth-order valence-corrected chi connectivity index (χ4v) is 2.13. The van der Waals surface area contributed by atoms with E-state index in [1.807, 2.05) is 44.2 Å². The maximum atomic E-state index is 11.8. The monoisotopic (exact) mass is 263 g/mol. The summed E-state index contributed by atoms with van der Waals surface area (Å²) in [6.45, 7) is 6.53. The molecule has 1 aromatic carbocycles. The lowest BCUT2D eigenvalue weighted by molar-refractivity contribution is -0.151. The van der Waals surface area contributed by atoms with Crippen molar-refractivity contribution in [1.82, 2.24) is 5.32 Å². The Morgan fingerprint density at radius 3 is 2.53 bits per heavy atom. The Morgan fingerprint density at radius 2 is 1.95 bits per heavy atom. The topological polar surface area (TPSA) is 55.4 Å². The van der Waals surface area contributed by atoms with Crippen LogP contribution in [0.1, 0.15) is 32.3 Å². The van der Waals surface area contributed by atoms with Crippen molar-refractivity contribution in [3.8, 4) is 0 Å². The Kier molecular flexibility index (Phi) is 6.06. The largest absolute Gasteiger partial charge is 0.465 e. The zero-order valence-electron chi connectivity index (χ0n) is 11.7. The van der Waals surface area contributed by atoms with Crippen LogP contribution in [0, 0.1) is 5.92 Å². The molecule has 1 fully saturated rings. The summed E-state index contributed by atoms with van der Waals surface area (Å²) in [5, 5.41) is 2.72. The summed E-state index contributed by atoms with van der Waals surface area (Å²) in [5.74, 6) is -1.51. The molecule has 1 saturated heterocycles. The van der Waals surface area contributed by atoms with Gasteiger partial charge in [0.1, 0.15) is 5.92 Å². The standard InChI is InChI=1S/C13H15NO3.C2H6/c1-2-17-13(16)11-10(8-14-12(11)15)9-6-4-3-5-7-9;1-2/h3-7,10-11H,2,8H2,1H3,(H,14,15);1-2H3. The molecule has 19 heavy (non-hydrogen) atoms. The van der Waals surface area contributed by atoms with Crippen LogP contribution >= 0.6 is 0 Å². The molecular weight excluding hydrogens is 242 g/mol. The molecule has 2 rings (SSSR count). The second-order valence-electron chi connectivity index (χ2n) is 3.99. The molecule has 1 amide bonds. The number of amides is 1. The molecule has 1 heterocycles. The van der Waals surface area contributed by atoms with Crippen molar-refractivity contribution in [1.29, 1.82) is 0 Å². The van der Waals surface area contributed by atoms with Gasteiger partial charge < -0.3 is 10.1 Å². The molecule has 0 aromatic heterocycles. The van der Waals surface area contributed by atoms with Gasteiger partial charge in [-0.05, 0) is 12.5 Å². The quantitative estimate of drug-likeness (QED) is 0.671. The second-order valence-corrected chi connectivity index (χ2v) is 3.99. The first kappa shape index (κ1) is 15.2. The maximum Gasteiger partial charge on any atom is 0.319 e. The van der Waals surface area contributed by atoms with Gasteiger partial charge in [-0.2, -0.15) is 0 Å². The summed E-state index contributed by atoms with van der Waals surface area (Å²) >= 11 is 0. The van der Waals surface area contributed by atoms with Crippen LogP contribution in [0.4, 0.5) is 0 Å². The first-order valence-electron chi connectivity index (χ1n) is 6.73. The van der Waals surface area contributed by atoms with Crippen LogP contribution in [-0.4, -0.2) is 25.0 Å². The summed E-state index contributed by atoms with van der Waals surface area (Å²) in [5.41, 5.74) is 0.990. The highest BCUT2D eigenvalue weighted by atomic mass is 16.5. The van der Waals surface area contributed by atoms with Crippen LogP contribution in [0.25, 0.3) is 0 Å². The third-order valence-electron chi connectivity index (χ3n) is 2.95. The number of hydrogen-bond acceptors (Lipinski definition) is 3. The number of carbonyl (C=O) groups is 2.